The number of amides is 3. The molecule has 0 radical (unpaired) electrons. The summed E-state index contributed by atoms with van der Waals surface area (Å²) in [6, 6.07) is 10.6. The zero-order chi connectivity index (χ0) is 24.8. The number of para-hydroxylation sites is 1. The van der Waals surface area contributed by atoms with Crippen LogP contribution >= 0.6 is 0 Å². The highest BCUT2D eigenvalue weighted by atomic mass is 16.6. The van der Waals surface area contributed by atoms with Gasteiger partial charge in [0.15, 0.2) is 0 Å². The van der Waals surface area contributed by atoms with Gasteiger partial charge in [0.2, 0.25) is 5.91 Å². The maximum Gasteiger partial charge on any atom is 0.408 e. The van der Waals surface area contributed by atoms with Gasteiger partial charge in [0.25, 0.3) is 5.91 Å². The largest absolute Gasteiger partial charge is 0.508 e. The second-order valence-electron chi connectivity index (χ2n) is 8.63. The number of nitrogens with one attached hydrogen (secondary N) is 2. The van der Waals surface area contributed by atoms with E-state index < -0.39 is 42.2 Å². The van der Waals surface area contributed by atoms with Gasteiger partial charge in [-0.15, -0.1) is 0 Å². The van der Waals surface area contributed by atoms with Gasteiger partial charge < -0.3 is 30.5 Å². The lowest BCUT2D eigenvalue weighted by molar-refractivity contribution is -0.139. The fourth-order valence-corrected chi connectivity index (χ4v) is 3.13. The minimum absolute atomic E-state index is 0.00520. The van der Waals surface area contributed by atoms with Crippen molar-refractivity contribution < 1.29 is 29.3 Å². The van der Waals surface area contributed by atoms with Gasteiger partial charge in [0, 0.05) is 12.7 Å². The molecule has 0 aromatic heterocycles. The summed E-state index contributed by atoms with van der Waals surface area (Å²) in [6.45, 7) is 6.17. The summed E-state index contributed by atoms with van der Waals surface area (Å²) in [5.74, 6) is -1.19. The predicted molar refractivity (Wildman–Crippen MR) is 124 cm³/mol. The number of phenols is 1. The highest BCUT2D eigenvalue weighted by Crippen LogP contribution is 2.25. The first-order valence-corrected chi connectivity index (χ1v) is 10.5. The molecule has 0 aliphatic rings. The third-order valence-corrected chi connectivity index (χ3v) is 4.77. The Kier molecular flexibility index (Phi) is 8.42. The Morgan fingerprint density at radius 3 is 2.21 bits per heavy atom. The van der Waals surface area contributed by atoms with E-state index in [1.807, 2.05) is 19.1 Å². The molecule has 0 heterocycles. The number of aliphatic hydroxyl groups is 1. The van der Waals surface area contributed by atoms with Crippen molar-refractivity contribution >= 4 is 23.6 Å². The number of likely N-dealkylation sites (N-methyl/N-ethyl adjacent to an activating group) is 1. The zero-order valence-electron chi connectivity index (χ0n) is 19.5. The maximum absolute atomic E-state index is 13.3. The molecular weight excluding hydrogens is 426 g/mol. The van der Waals surface area contributed by atoms with Gasteiger partial charge in [0.1, 0.15) is 23.4 Å². The summed E-state index contributed by atoms with van der Waals surface area (Å²) in [4.78, 5) is 39.7. The summed E-state index contributed by atoms with van der Waals surface area (Å²) in [5.41, 5.74) is 1.06. The van der Waals surface area contributed by atoms with Crippen LogP contribution in [0.4, 0.5) is 10.5 Å². The Balaban J connectivity index is 2.31. The van der Waals surface area contributed by atoms with Crippen molar-refractivity contribution in [2.75, 3.05) is 19.0 Å². The smallest absolute Gasteiger partial charge is 0.408 e. The normalized spacial score (nSPS) is 12.9. The van der Waals surface area contributed by atoms with Crippen LogP contribution in [0.15, 0.2) is 48.5 Å². The van der Waals surface area contributed by atoms with Crippen molar-refractivity contribution in [3.05, 3.63) is 59.7 Å². The van der Waals surface area contributed by atoms with Gasteiger partial charge in [-0.1, -0.05) is 30.3 Å². The topological polar surface area (TPSA) is 128 Å². The van der Waals surface area contributed by atoms with Gasteiger partial charge in [0.05, 0.1) is 6.61 Å². The van der Waals surface area contributed by atoms with Crippen LogP contribution in [0, 0.1) is 6.92 Å². The number of anilines is 1. The Labute approximate surface area is 193 Å². The van der Waals surface area contributed by atoms with E-state index in [1.54, 1.807) is 32.9 Å². The van der Waals surface area contributed by atoms with Crippen LogP contribution in [0.3, 0.4) is 0 Å². The minimum atomic E-state index is -1.32. The average molecular weight is 458 g/mol. The Bertz CT molecular complexity index is 984. The first-order valence-electron chi connectivity index (χ1n) is 10.5. The monoisotopic (exact) mass is 457 g/mol. The number of hydrogen-bond acceptors (Lipinski definition) is 6. The van der Waals surface area contributed by atoms with Gasteiger partial charge in [-0.3, -0.25) is 9.59 Å². The first kappa shape index (κ1) is 25.7. The molecule has 9 nitrogen and oxygen atoms in total. The van der Waals surface area contributed by atoms with Crippen molar-refractivity contribution in [3.8, 4) is 5.75 Å². The molecule has 2 aromatic carbocycles. The number of rotatable bonds is 7. The van der Waals surface area contributed by atoms with E-state index in [2.05, 4.69) is 10.6 Å². The quantitative estimate of drug-likeness (QED) is 0.506. The molecule has 2 unspecified atom stereocenters. The van der Waals surface area contributed by atoms with Crippen LogP contribution in [-0.2, 0) is 14.3 Å². The number of aliphatic hydroxyl groups excluding tert-OH is 1. The van der Waals surface area contributed by atoms with Crippen molar-refractivity contribution in [2.24, 2.45) is 0 Å². The summed E-state index contributed by atoms with van der Waals surface area (Å²) in [7, 11) is 1.40. The second-order valence-corrected chi connectivity index (χ2v) is 8.63. The van der Waals surface area contributed by atoms with Crippen LogP contribution in [-0.4, -0.2) is 58.3 Å². The number of benzene rings is 2. The lowest BCUT2D eigenvalue weighted by atomic mass is 10.0. The molecule has 0 saturated carbocycles. The second kappa shape index (κ2) is 10.8. The minimum Gasteiger partial charge on any atom is -0.508 e. The van der Waals surface area contributed by atoms with E-state index in [0.29, 0.717) is 11.3 Å². The number of phenolic OH excluding ortho intramolecular Hbond substituents is 1. The number of carbonyl (C=O) groups excluding carboxylic acids is 3. The number of carbonyl (C=O) groups is 3. The molecule has 2 aromatic rings. The van der Waals surface area contributed by atoms with Gasteiger partial charge >= 0.3 is 6.09 Å². The van der Waals surface area contributed by atoms with Crippen molar-refractivity contribution in [2.45, 2.75) is 45.4 Å². The molecule has 0 fully saturated rings. The van der Waals surface area contributed by atoms with Gasteiger partial charge in [-0.2, -0.15) is 0 Å². The Morgan fingerprint density at radius 1 is 1.06 bits per heavy atom. The van der Waals surface area contributed by atoms with E-state index in [1.165, 1.54) is 31.3 Å². The molecule has 3 amide bonds. The summed E-state index contributed by atoms with van der Waals surface area (Å²) < 4.78 is 5.16. The summed E-state index contributed by atoms with van der Waals surface area (Å²) in [6.07, 6.45) is -0.867. The fraction of sp³-hybridized carbons (Fsp3) is 0.375. The average Bonchev–Trinajstić information content (AvgIpc) is 2.73. The third-order valence-electron chi connectivity index (χ3n) is 4.77. The molecule has 0 bridgehead atoms. The highest BCUT2D eigenvalue weighted by Gasteiger charge is 2.34. The van der Waals surface area contributed by atoms with E-state index >= 15 is 0 Å². The molecule has 33 heavy (non-hydrogen) atoms. The van der Waals surface area contributed by atoms with Crippen LogP contribution in [0.5, 0.6) is 5.75 Å². The van der Waals surface area contributed by atoms with Crippen molar-refractivity contribution in [1.29, 1.82) is 0 Å². The standard InChI is InChI=1S/C24H31N3O6/c1-15-8-6-7-9-18(15)25-21(30)20(16-10-12-17(29)13-11-16)27(5)22(31)19(14-28)26-23(32)33-24(2,3)4/h6-13,19-20,28-29H,14H2,1-5H3,(H,25,30)(H,26,32). The highest BCUT2D eigenvalue weighted by molar-refractivity contribution is 5.99. The van der Waals surface area contributed by atoms with Crippen molar-refractivity contribution in [1.82, 2.24) is 10.2 Å². The predicted octanol–water partition coefficient (Wildman–Crippen LogP) is 2.72. The van der Waals surface area contributed by atoms with Crippen LogP contribution in [0.1, 0.15) is 37.9 Å². The number of aryl methyl sites for hydroxylation is 1. The maximum atomic E-state index is 13.3. The molecule has 0 aliphatic heterocycles. The number of aromatic hydroxyl groups is 1. The number of ether oxygens (including phenoxy) is 1. The van der Waals surface area contributed by atoms with Crippen LogP contribution in [0.25, 0.3) is 0 Å². The molecule has 4 N–H and O–H groups in total. The lowest BCUT2D eigenvalue weighted by Crippen LogP contribution is -2.52. The third kappa shape index (κ3) is 7.21. The molecule has 0 spiro atoms. The van der Waals surface area contributed by atoms with E-state index in [4.69, 9.17) is 4.74 Å². The van der Waals surface area contributed by atoms with Crippen LogP contribution in [0.2, 0.25) is 0 Å². The van der Waals surface area contributed by atoms with Crippen LogP contribution < -0.4 is 10.6 Å². The first-order chi connectivity index (χ1) is 15.4. The Hall–Kier alpha value is -3.59. The molecule has 0 saturated heterocycles. The van der Waals surface area contributed by atoms with E-state index in [0.717, 1.165) is 10.5 Å². The molecule has 2 atom stereocenters. The molecule has 2 rings (SSSR count). The number of nitrogens with zero attached hydrogens (tertiary/aromatic N) is 1. The molecular formula is C24H31N3O6. The summed E-state index contributed by atoms with van der Waals surface area (Å²) >= 11 is 0. The zero-order valence-corrected chi connectivity index (χ0v) is 19.5. The Morgan fingerprint density at radius 2 is 1.67 bits per heavy atom. The number of hydrogen-bond donors (Lipinski definition) is 4. The van der Waals surface area contributed by atoms with Crippen molar-refractivity contribution in [3.63, 3.8) is 0 Å². The molecule has 0 aliphatic carbocycles. The molecule has 9 heteroatoms. The summed E-state index contributed by atoms with van der Waals surface area (Å²) in [5, 5.41) is 24.5. The van der Waals surface area contributed by atoms with E-state index in [-0.39, 0.29) is 5.75 Å². The SMILES string of the molecule is Cc1ccccc1NC(=O)C(c1ccc(O)cc1)N(C)C(=O)C(CO)NC(=O)OC(C)(C)C. The van der Waals surface area contributed by atoms with E-state index in [9.17, 15) is 24.6 Å². The van der Waals surface area contributed by atoms with Gasteiger partial charge in [-0.25, -0.2) is 4.79 Å². The number of alkyl carbamates (subject to hydrolysis) is 1. The molecule has 178 valence electrons. The fourth-order valence-electron chi connectivity index (χ4n) is 3.13. The lowest BCUT2D eigenvalue weighted by Gasteiger charge is -2.31. The van der Waals surface area contributed by atoms with Gasteiger partial charge in [-0.05, 0) is 57.0 Å².